The zero-order valence-corrected chi connectivity index (χ0v) is 17.9. The Morgan fingerprint density at radius 1 is 1.04 bits per heavy atom. The van der Waals surface area contributed by atoms with Gasteiger partial charge in [-0.1, -0.05) is 44.2 Å². The van der Waals surface area contributed by atoms with Gasteiger partial charge in [0, 0.05) is 0 Å². The van der Waals surface area contributed by atoms with Crippen molar-refractivity contribution in [2.75, 3.05) is 34.3 Å². The number of carbonyl (C=O) groups excluding carboxylic acids is 1. The van der Waals surface area contributed by atoms with E-state index in [-0.39, 0.29) is 5.97 Å². The number of hydrogen-bond acceptors (Lipinski definition) is 4. The van der Waals surface area contributed by atoms with Crippen LogP contribution < -0.4 is 0 Å². The maximum atomic E-state index is 12.1. The third-order valence-corrected chi connectivity index (χ3v) is 4.69. The van der Waals surface area contributed by atoms with E-state index in [0.29, 0.717) is 12.2 Å². The maximum Gasteiger partial charge on any atom is 0.338 e. The highest BCUT2D eigenvalue weighted by Crippen LogP contribution is 2.12. The van der Waals surface area contributed by atoms with Crippen LogP contribution in [0.4, 0.5) is 0 Å². The summed E-state index contributed by atoms with van der Waals surface area (Å²) in [6.45, 7) is 3.43. The maximum absolute atomic E-state index is 12.1. The highest BCUT2D eigenvalue weighted by molar-refractivity contribution is 5.89. The summed E-state index contributed by atoms with van der Waals surface area (Å²) >= 11 is 0. The molecule has 1 aromatic carbocycles. The molecule has 0 saturated carbocycles. The van der Waals surface area contributed by atoms with Crippen molar-refractivity contribution in [1.29, 1.82) is 0 Å². The van der Waals surface area contributed by atoms with Crippen LogP contribution in [0, 0.1) is 0 Å². The van der Waals surface area contributed by atoms with Crippen LogP contribution in [-0.2, 0) is 11.2 Å². The lowest BCUT2D eigenvalue weighted by Crippen LogP contribution is -2.38. The Hall–Kier alpha value is -2.21. The van der Waals surface area contributed by atoms with Crippen LogP contribution in [0.5, 0.6) is 0 Å². The molecule has 0 saturated heterocycles. The molecule has 0 aliphatic carbocycles. The largest absolute Gasteiger partial charge is 0.456 e. The van der Waals surface area contributed by atoms with E-state index in [2.05, 4.69) is 38.4 Å². The van der Waals surface area contributed by atoms with Crippen molar-refractivity contribution in [3.63, 3.8) is 0 Å². The van der Waals surface area contributed by atoms with Crippen LogP contribution in [0.25, 0.3) is 5.69 Å². The molecule has 1 heterocycles. The van der Waals surface area contributed by atoms with Crippen molar-refractivity contribution >= 4 is 5.97 Å². The van der Waals surface area contributed by atoms with Gasteiger partial charge in [-0.3, -0.25) is 0 Å². The number of ether oxygens (including phenoxy) is 1. The van der Waals surface area contributed by atoms with Gasteiger partial charge in [0.2, 0.25) is 0 Å². The fraction of sp³-hybridized carbons (Fsp3) is 0.591. The van der Waals surface area contributed by atoms with Crippen LogP contribution in [0.3, 0.4) is 0 Å². The van der Waals surface area contributed by atoms with E-state index in [1.165, 1.54) is 32.1 Å². The molecule has 1 aromatic heterocycles. The zero-order valence-electron chi connectivity index (χ0n) is 17.9. The number of esters is 1. The molecule has 2 aromatic rings. The molecule has 0 atom stereocenters. The smallest absolute Gasteiger partial charge is 0.338 e. The number of likely N-dealkylation sites (N-methyl/N-ethyl adjacent to an activating group) is 1. The molecular formula is C22H35N4O2+. The fourth-order valence-electron chi connectivity index (χ4n) is 2.87. The first-order valence-corrected chi connectivity index (χ1v) is 10.4. The number of aryl methyl sites for hydroxylation is 1. The van der Waals surface area contributed by atoms with Gasteiger partial charge < -0.3 is 9.22 Å². The number of rotatable bonds is 12. The summed E-state index contributed by atoms with van der Waals surface area (Å²) in [7, 11) is 6.21. The number of nitrogens with zero attached hydrogens (tertiary/aromatic N) is 4. The van der Waals surface area contributed by atoms with E-state index in [0.717, 1.165) is 35.3 Å². The Kier molecular flexibility index (Phi) is 8.64. The van der Waals surface area contributed by atoms with E-state index in [4.69, 9.17) is 4.74 Å². The number of hydrogen-bond donors (Lipinski definition) is 0. The van der Waals surface area contributed by atoms with Crippen molar-refractivity contribution in [2.24, 2.45) is 0 Å². The second-order valence-electron chi connectivity index (χ2n) is 8.37. The minimum atomic E-state index is -0.289. The minimum absolute atomic E-state index is 0.289. The van der Waals surface area contributed by atoms with Gasteiger partial charge in [-0.25, -0.2) is 9.48 Å². The summed E-state index contributed by atoms with van der Waals surface area (Å²) < 4.78 is 7.87. The first-order chi connectivity index (χ1) is 13.4. The summed E-state index contributed by atoms with van der Waals surface area (Å²) in [4.78, 5) is 12.1. The second-order valence-corrected chi connectivity index (χ2v) is 8.37. The lowest BCUT2D eigenvalue weighted by Gasteiger charge is -2.23. The van der Waals surface area contributed by atoms with Crippen molar-refractivity contribution in [3.8, 4) is 5.69 Å². The number of unbranched alkanes of at least 4 members (excludes halogenated alkanes) is 5. The molecule has 154 valence electrons. The molecule has 0 aliphatic heterocycles. The Bertz CT molecular complexity index is 717. The van der Waals surface area contributed by atoms with Gasteiger partial charge in [0.05, 0.1) is 44.3 Å². The Balaban J connectivity index is 1.81. The Morgan fingerprint density at radius 3 is 2.39 bits per heavy atom. The summed E-state index contributed by atoms with van der Waals surface area (Å²) in [5.41, 5.74) is 2.46. The minimum Gasteiger partial charge on any atom is -0.456 e. The molecular weight excluding hydrogens is 352 g/mol. The monoisotopic (exact) mass is 387 g/mol. The molecule has 6 heteroatoms. The lowest BCUT2D eigenvalue weighted by atomic mass is 10.1. The molecule has 0 N–H and O–H groups in total. The normalized spacial score (nSPS) is 11.6. The molecule has 0 bridgehead atoms. The molecule has 28 heavy (non-hydrogen) atoms. The lowest BCUT2D eigenvalue weighted by molar-refractivity contribution is -0.870. The van der Waals surface area contributed by atoms with Crippen molar-refractivity contribution in [2.45, 2.75) is 51.9 Å². The average Bonchev–Trinajstić information content (AvgIpc) is 3.12. The summed E-state index contributed by atoms with van der Waals surface area (Å²) in [5.74, 6) is -0.289. The van der Waals surface area contributed by atoms with Crippen LogP contribution >= 0.6 is 0 Å². The van der Waals surface area contributed by atoms with Gasteiger partial charge >= 0.3 is 5.97 Å². The van der Waals surface area contributed by atoms with Crippen LogP contribution in [0.2, 0.25) is 0 Å². The number of quaternary nitrogens is 1. The van der Waals surface area contributed by atoms with E-state index in [9.17, 15) is 4.79 Å². The third kappa shape index (κ3) is 7.80. The summed E-state index contributed by atoms with van der Waals surface area (Å²) in [6.07, 6.45) is 10.6. The Labute approximate surface area is 169 Å². The molecule has 2 rings (SSSR count). The predicted octanol–water partition coefficient (Wildman–Crippen LogP) is 4.03. The number of carbonyl (C=O) groups is 1. The molecule has 0 spiro atoms. The van der Waals surface area contributed by atoms with Crippen LogP contribution in [0.15, 0.2) is 30.5 Å². The first kappa shape index (κ1) is 22.1. The predicted molar refractivity (Wildman–Crippen MR) is 112 cm³/mol. The van der Waals surface area contributed by atoms with Gasteiger partial charge in [0.1, 0.15) is 13.2 Å². The molecule has 0 aliphatic rings. The topological polar surface area (TPSA) is 57.0 Å². The van der Waals surface area contributed by atoms with Gasteiger partial charge in [-0.15, -0.1) is 5.10 Å². The molecule has 0 unspecified atom stereocenters. The highest BCUT2D eigenvalue weighted by atomic mass is 16.5. The number of aromatic nitrogens is 3. The van der Waals surface area contributed by atoms with E-state index < -0.39 is 0 Å². The van der Waals surface area contributed by atoms with Crippen molar-refractivity contribution in [1.82, 2.24) is 15.0 Å². The van der Waals surface area contributed by atoms with Crippen molar-refractivity contribution < 1.29 is 14.0 Å². The summed E-state index contributed by atoms with van der Waals surface area (Å²) in [6, 6.07) is 7.30. The van der Waals surface area contributed by atoms with Gasteiger partial charge in [0.25, 0.3) is 0 Å². The Morgan fingerprint density at radius 2 is 1.71 bits per heavy atom. The van der Waals surface area contributed by atoms with Crippen molar-refractivity contribution in [3.05, 3.63) is 41.7 Å². The molecule has 0 fully saturated rings. The third-order valence-electron chi connectivity index (χ3n) is 4.69. The van der Waals surface area contributed by atoms with Crippen LogP contribution in [-0.4, -0.2) is 59.7 Å². The SMILES string of the molecule is CCCCCCCCc1cn(-c2ccc(C(=O)OCC[N+](C)(C)C)cc2)nn1. The quantitative estimate of drug-likeness (QED) is 0.313. The zero-order chi connectivity index (χ0) is 20.4. The highest BCUT2D eigenvalue weighted by Gasteiger charge is 2.12. The molecule has 6 nitrogen and oxygen atoms in total. The second kappa shape index (κ2) is 11.0. The van der Waals surface area contributed by atoms with Gasteiger partial charge in [-0.05, 0) is 37.1 Å². The van der Waals surface area contributed by atoms with Gasteiger partial charge in [0.15, 0.2) is 0 Å². The number of benzene rings is 1. The first-order valence-electron chi connectivity index (χ1n) is 10.4. The average molecular weight is 388 g/mol. The van der Waals surface area contributed by atoms with Crippen LogP contribution in [0.1, 0.15) is 61.5 Å². The molecule has 0 amide bonds. The standard InChI is InChI=1S/C22H35N4O2/c1-5-6-7-8-9-10-11-20-18-25(24-23-20)21-14-12-19(13-15-21)22(27)28-17-16-26(2,3)4/h12-15,18H,5-11,16-17H2,1-4H3/q+1. The molecule has 0 radical (unpaired) electrons. The van der Waals surface area contributed by atoms with E-state index >= 15 is 0 Å². The van der Waals surface area contributed by atoms with Gasteiger partial charge in [-0.2, -0.15) is 0 Å². The van der Waals surface area contributed by atoms with E-state index in [1.54, 1.807) is 16.8 Å². The fourth-order valence-corrected chi connectivity index (χ4v) is 2.87. The summed E-state index contributed by atoms with van der Waals surface area (Å²) in [5, 5.41) is 8.48. The van der Waals surface area contributed by atoms with E-state index in [1.807, 2.05) is 18.3 Å².